The van der Waals surface area contributed by atoms with Crippen molar-refractivity contribution in [1.29, 1.82) is 0 Å². The summed E-state index contributed by atoms with van der Waals surface area (Å²) >= 11 is 0. The number of rotatable bonds is 6. The molecule has 26 heavy (non-hydrogen) atoms. The molecule has 2 unspecified atom stereocenters. The minimum Gasteiger partial charge on any atom is -0.478 e. The molecule has 2 N–H and O–H groups in total. The molecular weight excluding hydrogens is 330 g/mol. The summed E-state index contributed by atoms with van der Waals surface area (Å²) in [5, 5.41) is 12.3. The number of carboxylic acid groups (broad SMARTS) is 1. The van der Waals surface area contributed by atoms with Crippen molar-refractivity contribution >= 4 is 11.9 Å². The van der Waals surface area contributed by atoms with Crippen molar-refractivity contribution in [3.63, 3.8) is 0 Å². The number of hydrogen-bond acceptors (Lipinski definition) is 3. The van der Waals surface area contributed by atoms with Crippen molar-refractivity contribution in [3.05, 3.63) is 70.8 Å². The van der Waals surface area contributed by atoms with Crippen LogP contribution in [0.4, 0.5) is 0 Å². The van der Waals surface area contributed by atoms with Crippen LogP contribution >= 0.6 is 0 Å². The van der Waals surface area contributed by atoms with Gasteiger partial charge in [-0.1, -0.05) is 30.3 Å². The van der Waals surface area contributed by atoms with Crippen molar-refractivity contribution < 1.29 is 19.4 Å². The van der Waals surface area contributed by atoms with Gasteiger partial charge in [-0.3, -0.25) is 4.79 Å². The zero-order valence-corrected chi connectivity index (χ0v) is 14.8. The lowest BCUT2D eigenvalue weighted by molar-refractivity contribution is 0.0696. The number of ether oxygens (including phenoxy) is 1. The lowest BCUT2D eigenvalue weighted by Crippen LogP contribution is -2.30. The van der Waals surface area contributed by atoms with E-state index in [4.69, 9.17) is 4.74 Å². The van der Waals surface area contributed by atoms with Crippen LogP contribution < -0.4 is 5.32 Å². The minimum absolute atomic E-state index is 0.121. The fourth-order valence-electron chi connectivity index (χ4n) is 3.35. The number of nitrogens with one attached hydrogen (secondary N) is 1. The van der Waals surface area contributed by atoms with Crippen molar-refractivity contribution in [2.24, 2.45) is 5.92 Å². The van der Waals surface area contributed by atoms with Gasteiger partial charge >= 0.3 is 5.97 Å². The Bertz CT molecular complexity index is 782. The molecule has 1 heterocycles. The molecule has 2 aromatic rings. The van der Waals surface area contributed by atoms with E-state index in [0.717, 1.165) is 30.6 Å². The van der Waals surface area contributed by atoms with Crippen LogP contribution in [-0.4, -0.2) is 30.2 Å². The van der Waals surface area contributed by atoms with E-state index in [1.807, 2.05) is 30.3 Å². The number of carboxylic acids is 1. The van der Waals surface area contributed by atoms with E-state index in [9.17, 15) is 14.7 Å². The Morgan fingerprint density at radius 3 is 2.58 bits per heavy atom. The Balaban J connectivity index is 1.81. The second-order valence-electron chi connectivity index (χ2n) is 6.79. The smallest absolute Gasteiger partial charge is 0.335 e. The van der Waals surface area contributed by atoms with E-state index in [0.29, 0.717) is 18.1 Å². The minimum atomic E-state index is -1.04. The second kappa shape index (κ2) is 8.15. The highest BCUT2D eigenvalue weighted by Gasteiger charge is 2.24. The molecule has 1 aliphatic heterocycles. The van der Waals surface area contributed by atoms with Crippen molar-refractivity contribution in [2.45, 2.75) is 25.8 Å². The van der Waals surface area contributed by atoms with Gasteiger partial charge in [-0.05, 0) is 55.0 Å². The van der Waals surface area contributed by atoms with Gasteiger partial charge < -0.3 is 15.2 Å². The molecule has 0 bridgehead atoms. The molecule has 0 radical (unpaired) electrons. The Hall–Kier alpha value is -2.66. The van der Waals surface area contributed by atoms with Crippen molar-refractivity contribution in [3.8, 4) is 0 Å². The topological polar surface area (TPSA) is 75.6 Å². The van der Waals surface area contributed by atoms with Gasteiger partial charge in [-0.15, -0.1) is 0 Å². The quantitative estimate of drug-likeness (QED) is 0.832. The summed E-state index contributed by atoms with van der Waals surface area (Å²) in [6, 6.07) is 14.4. The number of hydrogen-bond donors (Lipinski definition) is 2. The monoisotopic (exact) mass is 353 g/mol. The lowest BCUT2D eigenvalue weighted by atomic mass is 9.93. The largest absolute Gasteiger partial charge is 0.478 e. The van der Waals surface area contributed by atoms with Crippen LogP contribution in [-0.2, 0) is 4.74 Å². The molecule has 0 saturated carbocycles. The van der Waals surface area contributed by atoms with Gasteiger partial charge in [-0.25, -0.2) is 4.79 Å². The van der Waals surface area contributed by atoms with Gasteiger partial charge in [0.2, 0.25) is 0 Å². The lowest BCUT2D eigenvalue weighted by Gasteiger charge is -2.22. The Kier molecular flexibility index (Phi) is 5.68. The number of benzene rings is 2. The zero-order valence-electron chi connectivity index (χ0n) is 14.8. The first-order chi connectivity index (χ1) is 12.5. The molecule has 0 aromatic heterocycles. The number of aromatic carboxylic acids is 1. The predicted octanol–water partition coefficient (Wildman–Crippen LogP) is 3.59. The van der Waals surface area contributed by atoms with Crippen molar-refractivity contribution in [2.75, 3.05) is 13.2 Å². The molecule has 0 aliphatic carbocycles. The normalized spacial score (nSPS) is 17.7. The molecule has 0 spiro atoms. The summed E-state index contributed by atoms with van der Waals surface area (Å²) < 4.78 is 5.46. The predicted molar refractivity (Wildman–Crippen MR) is 98.3 cm³/mol. The molecule has 2 atom stereocenters. The maximum Gasteiger partial charge on any atom is 0.335 e. The first-order valence-electron chi connectivity index (χ1n) is 8.81. The molecule has 5 nitrogen and oxygen atoms in total. The van der Waals surface area contributed by atoms with Crippen LogP contribution in [0.1, 0.15) is 50.7 Å². The fourth-order valence-corrected chi connectivity index (χ4v) is 3.35. The van der Waals surface area contributed by atoms with Crippen LogP contribution in [0.3, 0.4) is 0 Å². The van der Waals surface area contributed by atoms with Crippen LogP contribution in [0.25, 0.3) is 0 Å². The molecule has 1 amide bonds. The zero-order chi connectivity index (χ0) is 18.5. The number of carbonyl (C=O) groups is 2. The van der Waals surface area contributed by atoms with E-state index in [1.165, 1.54) is 6.07 Å². The Labute approximate surface area is 153 Å². The average Bonchev–Trinajstić information content (AvgIpc) is 3.14. The molecule has 5 heteroatoms. The highest BCUT2D eigenvalue weighted by atomic mass is 16.5. The van der Waals surface area contributed by atoms with Crippen LogP contribution in [0.5, 0.6) is 0 Å². The average molecular weight is 353 g/mol. The number of amides is 1. The third-order valence-corrected chi connectivity index (χ3v) is 4.69. The molecular formula is C21H23NO4. The molecule has 1 saturated heterocycles. The van der Waals surface area contributed by atoms with E-state index >= 15 is 0 Å². The molecule has 3 rings (SSSR count). The highest BCUT2D eigenvalue weighted by molar-refractivity contribution is 5.98. The van der Waals surface area contributed by atoms with Gasteiger partial charge in [0.25, 0.3) is 5.91 Å². The van der Waals surface area contributed by atoms with Gasteiger partial charge in [0.1, 0.15) is 0 Å². The summed E-state index contributed by atoms with van der Waals surface area (Å²) in [5.41, 5.74) is 2.27. The molecule has 2 aromatic carbocycles. The molecule has 1 fully saturated rings. The van der Waals surface area contributed by atoms with Crippen LogP contribution in [0.2, 0.25) is 0 Å². The van der Waals surface area contributed by atoms with E-state index < -0.39 is 5.97 Å². The van der Waals surface area contributed by atoms with E-state index in [1.54, 1.807) is 19.1 Å². The Morgan fingerprint density at radius 1 is 1.19 bits per heavy atom. The van der Waals surface area contributed by atoms with Crippen LogP contribution in [0.15, 0.2) is 48.5 Å². The van der Waals surface area contributed by atoms with Gasteiger partial charge in [-0.2, -0.15) is 0 Å². The fraction of sp³-hybridized carbons (Fsp3) is 0.333. The SMILES string of the molecule is Cc1cc(C(=O)O)cc(C(=O)NC(CC2CCOC2)c2ccccc2)c1. The summed E-state index contributed by atoms with van der Waals surface area (Å²) in [6.45, 7) is 3.26. The number of carbonyl (C=O) groups excluding carboxylic acids is 1. The third-order valence-electron chi connectivity index (χ3n) is 4.69. The third kappa shape index (κ3) is 4.49. The van der Waals surface area contributed by atoms with Gasteiger partial charge in [0, 0.05) is 18.8 Å². The van der Waals surface area contributed by atoms with E-state index in [-0.39, 0.29) is 17.5 Å². The summed E-state index contributed by atoms with van der Waals surface area (Å²) in [5.74, 6) is -0.887. The summed E-state index contributed by atoms with van der Waals surface area (Å²) in [4.78, 5) is 24.1. The standard InChI is InChI=1S/C21H23NO4/c1-14-9-17(12-18(10-14)21(24)25)20(23)22-19(11-15-7-8-26-13-15)16-5-3-2-4-6-16/h2-6,9-10,12,15,19H,7-8,11,13H2,1H3,(H,22,23)(H,24,25). The second-order valence-corrected chi connectivity index (χ2v) is 6.79. The Morgan fingerprint density at radius 2 is 1.92 bits per heavy atom. The highest BCUT2D eigenvalue weighted by Crippen LogP contribution is 2.27. The maximum absolute atomic E-state index is 12.8. The van der Waals surface area contributed by atoms with Gasteiger partial charge in [0.15, 0.2) is 0 Å². The first kappa shape index (κ1) is 18.1. The van der Waals surface area contributed by atoms with Crippen LogP contribution in [0, 0.1) is 12.8 Å². The summed E-state index contributed by atoms with van der Waals surface area (Å²) in [7, 11) is 0. The van der Waals surface area contributed by atoms with E-state index in [2.05, 4.69) is 5.32 Å². The molecule has 136 valence electrons. The first-order valence-corrected chi connectivity index (χ1v) is 8.81. The molecule has 1 aliphatic rings. The maximum atomic E-state index is 12.8. The van der Waals surface area contributed by atoms with Gasteiger partial charge in [0.05, 0.1) is 11.6 Å². The summed E-state index contributed by atoms with van der Waals surface area (Å²) in [6.07, 6.45) is 1.79. The van der Waals surface area contributed by atoms with Crippen molar-refractivity contribution in [1.82, 2.24) is 5.32 Å². The number of aryl methyl sites for hydroxylation is 1.